The molecule has 0 saturated heterocycles. The highest BCUT2D eigenvalue weighted by molar-refractivity contribution is 5.76. The van der Waals surface area contributed by atoms with E-state index < -0.39 is 0 Å². The van der Waals surface area contributed by atoms with Crippen LogP contribution >= 0.6 is 0 Å². The van der Waals surface area contributed by atoms with Gasteiger partial charge in [0.15, 0.2) is 0 Å². The molecule has 17 heavy (non-hydrogen) atoms. The Balaban J connectivity index is 1.88. The van der Waals surface area contributed by atoms with Crippen LogP contribution in [0.1, 0.15) is 51.4 Å². The molecule has 0 spiro atoms. The Morgan fingerprint density at radius 1 is 1.18 bits per heavy atom. The summed E-state index contributed by atoms with van der Waals surface area (Å²) in [4.78, 5) is 11.9. The van der Waals surface area contributed by atoms with E-state index in [1.54, 1.807) is 0 Å². The normalized spacial score (nSPS) is 24.1. The van der Waals surface area contributed by atoms with Gasteiger partial charge >= 0.3 is 5.97 Å². The van der Waals surface area contributed by atoms with Crippen LogP contribution in [-0.4, -0.2) is 25.7 Å². The first-order chi connectivity index (χ1) is 8.31. The molecule has 2 aliphatic rings. The average Bonchev–Trinajstić information content (AvgIpc) is 3.15. The van der Waals surface area contributed by atoms with Crippen molar-refractivity contribution in [3.05, 3.63) is 0 Å². The van der Waals surface area contributed by atoms with E-state index in [4.69, 9.17) is 4.74 Å². The van der Waals surface area contributed by atoms with E-state index in [9.17, 15) is 4.79 Å². The van der Waals surface area contributed by atoms with Crippen LogP contribution in [0, 0.1) is 11.8 Å². The van der Waals surface area contributed by atoms with Crippen molar-refractivity contribution in [3.8, 4) is 0 Å². The quantitative estimate of drug-likeness (QED) is 0.592. The van der Waals surface area contributed by atoms with Crippen molar-refractivity contribution in [1.82, 2.24) is 5.32 Å². The SMILES string of the molecule is COC(=O)C(NCC1CC1)C1CCCCCC1. The van der Waals surface area contributed by atoms with Gasteiger partial charge in [0.2, 0.25) is 0 Å². The summed E-state index contributed by atoms with van der Waals surface area (Å²) in [5, 5.41) is 3.46. The first-order valence-corrected chi connectivity index (χ1v) is 7.12. The summed E-state index contributed by atoms with van der Waals surface area (Å²) in [5.74, 6) is 1.24. The molecule has 1 N–H and O–H groups in total. The van der Waals surface area contributed by atoms with Crippen LogP contribution in [0.5, 0.6) is 0 Å². The summed E-state index contributed by atoms with van der Waals surface area (Å²) in [6.45, 7) is 0.996. The molecule has 0 amide bonds. The minimum atomic E-state index is -0.0578. The maximum absolute atomic E-state index is 11.9. The van der Waals surface area contributed by atoms with Gasteiger partial charge in [-0.2, -0.15) is 0 Å². The van der Waals surface area contributed by atoms with Gasteiger partial charge in [0.1, 0.15) is 6.04 Å². The molecule has 0 radical (unpaired) electrons. The Morgan fingerprint density at radius 2 is 1.82 bits per heavy atom. The summed E-state index contributed by atoms with van der Waals surface area (Å²) >= 11 is 0. The van der Waals surface area contributed by atoms with E-state index in [1.165, 1.54) is 58.5 Å². The highest BCUT2D eigenvalue weighted by atomic mass is 16.5. The second-order valence-corrected chi connectivity index (χ2v) is 5.60. The minimum absolute atomic E-state index is 0.0568. The first-order valence-electron chi connectivity index (χ1n) is 7.12. The van der Waals surface area contributed by atoms with Crippen LogP contribution in [0.25, 0.3) is 0 Å². The van der Waals surface area contributed by atoms with E-state index in [-0.39, 0.29) is 12.0 Å². The van der Waals surface area contributed by atoms with Gasteiger partial charge in [-0.1, -0.05) is 25.7 Å². The second-order valence-electron chi connectivity index (χ2n) is 5.60. The molecule has 1 unspecified atom stereocenters. The highest BCUT2D eigenvalue weighted by Crippen LogP contribution is 2.30. The number of nitrogens with one attached hydrogen (secondary N) is 1. The van der Waals surface area contributed by atoms with Crippen molar-refractivity contribution in [3.63, 3.8) is 0 Å². The molecule has 1 atom stereocenters. The van der Waals surface area contributed by atoms with E-state index in [0.717, 1.165) is 12.5 Å². The molecular weight excluding hydrogens is 214 g/mol. The van der Waals surface area contributed by atoms with E-state index in [0.29, 0.717) is 5.92 Å². The van der Waals surface area contributed by atoms with Crippen molar-refractivity contribution in [2.24, 2.45) is 11.8 Å². The van der Waals surface area contributed by atoms with Crippen LogP contribution in [0.2, 0.25) is 0 Å². The fourth-order valence-electron chi connectivity index (χ4n) is 2.83. The zero-order chi connectivity index (χ0) is 12.1. The Hall–Kier alpha value is -0.570. The topological polar surface area (TPSA) is 38.3 Å². The van der Waals surface area contributed by atoms with Gasteiger partial charge in [0.05, 0.1) is 7.11 Å². The van der Waals surface area contributed by atoms with Gasteiger partial charge in [0, 0.05) is 0 Å². The third-order valence-corrected chi connectivity index (χ3v) is 4.15. The van der Waals surface area contributed by atoms with Crippen molar-refractivity contribution in [1.29, 1.82) is 0 Å². The van der Waals surface area contributed by atoms with Crippen molar-refractivity contribution in [2.75, 3.05) is 13.7 Å². The second kappa shape index (κ2) is 6.39. The lowest BCUT2D eigenvalue weighted by atomic mass is 9.91. The van der Waals surface area contributed by atoms with Crippen molar-refractivity contribution >= 4 is 5.97 Å². The number of methoxy groups -OCH3 is 1. The van der Waals surface area contributed by atoms with Crippen LogP contribution in [0.4, 0.5) is 0 Å². The van der Waals surface area contributed by atoms with E-state index in [2.05, 4.69) is 5.32 Å². The molecule has 3 nitrogen and oxygen atoms in total. The molecule has 0 bridgehead atoms. The smallest absolute Gasteiger partial charge is 0.323 e. The maximum Gasteiger partial charge on any atom is 0.323 e. The standard InChI is InChI=1S/C14H25NO2/c1-17-14(16)13(15-10-11-8-9-11)12-6-4-2-3-5-7-12/h11-13,15H,2-10H2,1H3. The summed E-state index contributed by atoms with van der Waals surface area (Å²) in [6, 6.07) is -0.0568. The lowest BCUT2D eigenvalue weighted by Gasteiger charge is -2.25. The van der Waals surface area contributed by atoms with E-state index >= 15 is 0 Å². The number of carbonyl (C=O) groups is 1. The fraction of sp³-hybridized carbons (Fsp3) is 0.929. The molecule has 0 aromatic heterocycles. The lowest BCUT2D eigenvalue weighted by molar-refractivity contribution is -0.144. The lowest BCUT2D eigenvalue weighted by Crippen LogP contribution is -2.44. The summed E-state index contributed by atoms with van der Waals surface area (Å²) in [5.41, 5.74) is 0. The Bertz CT molecular complexity index is 243. The maximum atomic E-state index is 11.9. The summed E-state index contributed by atoms with van der Waals surface area (Å²) in [6.07, 6.45) is 10.2. The molecule has 2 rings (SSSR count). The van der Waals surface area contributed by atoms with Crippen LogP contribution in [0.3, 0.4) is 0 Å². The first kappa shape index (κ1) is 12.9. The van der Waals surface area contributed by atoms with Gasteiger partial charge < -0.3 is 10.1 Å². The molecule has 2 saturated carbocycles. The molecule has 2 aliphatic carbocycles. The molecule has 3 heteroatoms. The molecule has 2 fully saturated rings. The van der Waals surface area contributed by atoms with E-state index in [1.807, 2.05) is 0 Å². The number of rotatable bonds is 5. The zero-order valence-electron chi connectivity index (χ0n) is 10.9. The molecule has 0 heterocycles. The third-order valence-electron chi connectivity index (χ3n) is 4.15. The zero-order valence-corrected chi connectivity index (χ0v) is 10.9. The largest absolute Gasteiger partial charge is 0.468 e. The van der Waals surface area contributed by atoms with Gasteiger partial charge in [-0.3, -0.25) is 4.79 Å². The van der Waals surface area contributed by atoms with Crippen LogP contribution in [-0.2, 0) is 9.53 Å². The summed E-state index contributed by atoms with van der Waals surface area (Å²) in [7, 11) is 1.50. The highest BCUT2D eigenvalue weighted by Gasteiger charge is 2.31. The molecule has 0 aromatic carbocycles. The molecular formula is C14H25NO2. The molecule has 98 valence electrons. The monoisotopic (exact) mass is 239 g/mol. The number of carbonyl (C=O) groups excluding carboxylic acids is 1. The van der Waals surface area contributed by atoms with Crippen molar-refractivity contribution < 1.29 is 9.53 Å². The molecule has 0 aliphatic heterocycles. The Labute approximate surface area is 104 Å². The van der Waals surface area contributed by atoms with Gasteiger partial charge in [-0.05, 0) is 44.1 Å². The molecule has 0 aromatic rings. The number of hydrogen-bond donors (Lipinski definition) is 1. The van der Waals surface area contributed by atoms with Crippen LogP contribution in [0.15, 0.2) is 0 Å². The van der Waals surface area contributed by atoms with Crippen LogP contribution < -0.4 is 5.32 Å². The third kappa shape index (κ3) is 3.98. The predicted octanol–water partition coefficient (Wildman–Crippen LogP) is 2.50. The van der Waals surface area contributed by atoms with Crippen molar-refractivity contribution in [2.45, 2.75) is 57.4 Å². The summed E-state index contributed by atoms with van der Waals surface area (Å²) < 4.78 is 4.96. The average molecular weight is 239 g/mol. The Kier molecular flexibility index (Phi) is 4.84. The van der Waals surface area contributed by atoms with Gasteiger partial charge in [-0.25, -0.2) is 0 Å². The number of hydrogen-bond acceptors (Lipinski definition) is 3. The Morgan fingerprint density at radius 3 is 2.35 bits per heavy atom. The minimum Gasteiger partial charge on any atom is -0.468 e. The van der Waals surface area contributed by atoms with Gasteiger partial charge in [0.25, 0.3) is 0 Å². The fourth-order valence-corrected chi connectivity index (χ4v) is 2.83. The van der Waals surface area contributed by atoms with Gasteiger partial charge in [-0.15, -0.1) is 0 Å². The number of ether oxygens (including phenoxy) is 1. The number of esters is 1. The predicted molar refractivity (Wildman–Crippen MR) is 67.7 cm³/mol.